The van der Waals surface area contributed by atoms with Crippen molar-refractivity contribution in [3.63, 3.8) is 0 Å². The minimum atomic E-state index is 0.610. The molecule has 5 nitrogen and oxygen atoms in total. The lowest BCUT2D eigenvalue weighted by Gasteiger charge is -2.13. The summed E-state index contributed by atoms with van der Waals surface area (Å²) in [7, 11) is 0. The summed E-state index contributed by atoms with van der Waals surface area (Å²) in [6, 6.07) is 62.1. The van der Waals surface area contributed by atoms with Crippen molar-refractivity contribution in [2.75, 3.05) is 0 Å². The van der Waals surface area contributed by atoms with Crippen LogP contribution < -0.4 is 0 Å². The zero-order valence-electron chi connectivity index (χ0n) is 28.5. The van der Waals surface area contributed by atoms with Gasteiger partial charge in [-0.25, -0.2) is 4.98 Å². The number of nitrogens with zero attached hydrogens (tertiary/aromatic N) is 5. The average Bonchev–Trinajstić information content (AvgIpc) is 3.87. The van der Waals surface area contributed by atoms with Gasteiger partial charge in [0, 0.05) is 55.6 Å². The normalized spacial score (nSPS) is 11.8. The van der Waals surface area contributed by atoms with Crippen molar-refractivity contribution < 1.29 is 0 Å². The van der Waals surface area contributed by atoms with Crippen LogP contribution in [0.5, 0.6) is 0 Å². The molecule has 0 aliphatic carbocycles. The molecule has 0 saturated heterocycles. The molecule has 0 spiro atoms. The second kappa shape index (κ2) is 11.3. The number of hydrogen-bond acceptors (Lipinski definition) is 2. The van der Waals surface area contributed by atoms with Gasteiger partial charge in [-0.1, -0.05) is 91.0 Å². The van der Waals surface area contributed by atoms with Gasteiger partial charge in [0.2, 0.25) is 0 Å². The van der Waals surface area contributed by atoms with E-state index in [1.807, 2.05) is 24.4 Å². The SMILES string of the molecule is N#Cc1cc(-c2cccc(-n3c4ncccc4c4ccc5c(c6ccccc6n5-c5ccccc5)c43)c2)cc(-n2c3ccccc3c3ccccc32)c1. The Hall–Kier alpha value is -7.42. The largest absolute Gasteiger partial charge is 0.309 e. The molecule has 7 aromatic carbocycles. The zero-order valence-corrected chi connectivity index (χ0v) is 28.5. The van der Waals surface area contributed by atoms with E-state index >= 15 is 0 Å². The maximum absolute atomic E-state index is 10.3. The van der Waals surface area contributed by atoms with E-state index in [1.165, 1.54) is 21.5 Å². The Labute approximate surface area is 304 Å². The van der Waals surface area contributed by atoms with Gasteiger partial charge in [-0.15, -0.1) is 0 Å². The van der Waals surface area contributed by atoms with E-state index in [1.54, 1.807) is 0 Å². The summed E-state index contributed by atoms with van der Waals surface area (Å²) in [4.78, 5) is 4.99. The number of benzene rings is 7. The summed E-state index contributed by atoms with van der Waals surface area (Å²) in [5, 5.41) is 17.3. The number of para-hydroxylation sites is 4. The van der Waals surface area contributed by atoms with Gasteiger partial charge in [0.25, 0.3) is 0 Å². The quantitative estimate of drug-likeness (QED) is 0.186. The molecule has 0 N–H and O–H groups in total. The Morgan fingerprint density at radius 2 is 1.04 bits per heavy atom. The molecule has 4 heterocycles. The van der Waals surface area contributed by atoms with Crippen molar-refractivity contribution in [3.8, 4) is 34.3 Å². The second-order valence-corrected chi connectivity index (χ2v) is 13.6. The molecule has 0 radical (unpaired) electrons. The molecule has 0 bridgehead atoms. The lowest BCUT2D eigenvalue weighted by Crippen LogP contribution is -1.98. The molecule has 4 aromatic heterocycles. The number of nitriles is 1. The molecule has 11 aromatic rings. The van der Waals surface area contributed by atoms with Gasteiger partial charge in [0.1, 0.15) is 5.65 Å². The first-order valence-corrected chi connectivity index (χ1v) is 17.8. The van der Waals surface area contributed by atoms with Gasteiger partial charge in [0.05, 0.1) is 39.2 Å². The first-order chi connectivity index (χ1) is 26.3. The summed E-state index contributed by atoms with van der Waals surface area (Å²) in [5.74, 6) is 0. The zero-order chi connectivity index (χ0) is 35.0. The Morgan fingerprint density at radius 3 is 1.79 bits per heavy atom. The van der Waals surface area contributed by atoms with Crippen LogP contribution in [0, 0.1) is 11.3 Å². The van der Waals surface area contributed by atoms with Crippen LogP contribution in [0.2, 0.25) is 0 Å². The lowest BCUT2D eigenvalue weighted by molar-refractivity contribution is 1.14. The Bertz CT molecular complexity index is 3250. The molecule has 5 heteroatoms. The van der Waals surface area contributed by atoms with Crippen LogP contribution in [0.25, 0.3) is 93.7 Å². The van der Waals surface area contributed by atoms with Gasteiger partial charge in [0.15, 0.2) is 0 Å². The number of rotatable bonds is 4. The van der Waals surface area contributed by atoms with Gasteiger partial charge < -0.3 is 9.13 Å². The van der Waals surface area contributed by atoms with Crippen LogP contribution in [-0.4, -0.2) is 18.7 Å². The minimum Gasteiger partial charge on any atom is -0.309 e. The van der Waals surface area contributed by atoms with Crippen molar-refractivity contribution in [2.45, 2.75) is 0 Å². The maximum atomic E-state index is 10.3. The summed E-state index contributed by atoms with van der Waals surface area (Å²) >= 11 is 0. The predicted octanol–water partition coefficient (Wildman–Crippen LogP) is 11.9. The number of fused-ring (bicyclic) bond motifs is 10. The van der Waals surface area contributed by atoms with Gasteiger partial charge in [-0.3, -0.25) is 4.57 Å². The van der Waals surface area contributed by atoms with Gasteiger partial charge in [-0.05, 0) is 90.0 Å². The van der Waals surface area contributed by atoms with Crippen LogP contribution in [0.15, 0.2) is 176 Å². The smallest absolute Gasteiger partial charge is 0.145 e. The highest BCUT2D eigenvalue weighted by molar-refractivity contribution is 6.25. The highest BCUT2D eigenvalue weighted by atomic mass is 15.1. The predicted molar refractivity (Wildman–Crippen MR) is 217 cm³/mol. The Morgan fingerprint density at radius 1 is 0.415 bits per heavy atom. The van der Waals surface area contributed by atoms with Crippen LogP contribution in [-0.2, 0) is 0 Å². The molecule has 0 fully saturated rings. The minimum absolute atomic E-state index is 0.610. The van der Waals surface area contributed by atoms with Crippen molar-refractivity contribution in [2.24, 2.45) is 0 Å². The molecule has 246 valence electrons. The van der Waals surface area contributed by atoms with E-state index in [9.17, 15) is 5.26 Å². The topological polar surface area (TPSA) is 51.5 Å². The summed E-state index contributed by atoms with van der Waals surface area (Å²) in [6.07, 6.45) is 1.88. The fourth-order valence-corrected chi connectivity index (χ4v) is 8.49. The van der Waals surface area contributed by atoms with Crippen LogP contribution in [0.1, 0.15) is 5.56 Å². The summed E-state index contributed by atoms with van der Waals surface area (Å²) in [6.45, 7) is 0. The molecule has 0 amide bonds. The number of hydrogen-bond donors (Lipinski definition) is 0. The summed E-state index contributed by atoms with van der Waals surface area (Å²) in [5.41, 5.74) is 12.2. The van der Waals surface area contributed by atoms with Crippen LogP contribution in [0.3, 0.4) is 0 Å². The molecular formula is C48H29N5. The third kappa shape index (κ3) is 4.27. The third-order valence-electron chi connectivity index (χ3n) is 10.7. The number of aromatic nitrogens is 4. The van der Waals surface area contributed by atoms with E-state index < -0.39 is 0 Å². The van der Waals surface area contributed by atoms with E-state index in [-0.39, 0.29) is 0 Å². The standard InChI is InChI=1S/C48H29N5/c49-30-31-26-33(29-36(27-31)52-42-20-7-4-16-37(42)38-17-5-8-21-43(38)52)32-12-10-15-35(28-32)53-47-39(40-19-11-25-50-48(40)53)23-24-45-46(47)41-18-6-9-22-44(41)51(45)34-13-2-1-3-14-34/h1-29H. The van der Waals surface area contributed by atoms with E-state index in [0.29, 0.717) is 5.56 Å². The van der Waals surface area contributed by atoms with Crippen molar-refractivity contribution >= 4 is 65.5 Å². The van der Waals surface area contributed by atoms with Crippen molar-refractivity contribution in [1.82, 2.24) is 18.7 Å². The molecular weight excluding hydrogens is 647 g/mol. The average molecular weight is 676 g/mol. The number of pyridine rings is 1. The Kier molecular flexibility index (Phi) is 6.25. The van der Waals surface area contributed by atoms with Crippen LogP contribution in [0.4, 0.5) is 0 Å². The third-order valence-corrected chi connectivity index (χ3v) is 10.7. The molecule has 53 heavy (non-hydrogen) atoms. The first kappa shape index (κ1) is 29.3. The van der Waals surface area contributed by atoms with E-state index in [0.717, 1.165) is 72.2 Å². The monoisotopic (exact) mass is 675 g/mol. The summed E-state index contributed by atoms with van der Waals surface area (Å²) < 4.78 is 6.95. The second-order valence-electron chi connectivity index (χ2n) is 13.6. The fourth-order valence-electron chi connectivity index (χ4n) is 8.49. The molecule has 0 aliphatic heterocycles. The van der Waals surface area contributed by atoms with Gasteiger partial charge >= 0.3 is 0 Å². The van der Waals surface area contributed by atoms with E-state index in [4.69, 9.17) is 4.98 Å². The lowest BCUT2D eigenvalue weighted by atomic mass is 10.0. The fraction of sp³-hybridized carbons (Fsp3) is 0. The van der Waals surface area contributed by atoms with Crippen LogP contribution >= 0.6 is 0 Å². The van der Waals surface area contributed by atoms with Crippen molar-refractivity contribution in [3.05, 3.63) is 182 Å². The molecule has 0 atom stereocenters. The first-order valence-electron chi connectivity index (χ1n) is 17.8. The molecule has 0 aliphatic rings. The Balaban J connectivity index is 1.18. The highest BCUT2D eigenvalue weighted by Gasteiger charge is 2.22. The molecule has 0 unspecified atom stereocenters. The molecule has 11 rings (SSSR count). The van der Waals surface area contributed by atoms with Gasteiger partial charge in [-0.2, -0.15) is 5.26 Å². The highest BCUT2D eigenvalue weighted by Crippen LogP contribution is 2.42. The molecule has 0 saturated carbocycles. The van der Waals surface area contributed by atoms with Crippen molar-refractivity contribution in [1.29, 1.82) is 5.26 Å². The van der Waals surface area contributed by atoms with E-state index in [2.05, 4.69) is 171 Å². The maximum Gasteiger partial charge on any atom is 0.145 e.